The number of piperazine rings is 1. The van der Waals surface area contributed by atoms with Gasteiger partial charge >= 0.3 is 0 Å². The minimum Gasteiger partial charge on any atom is -0.368 e. The summed E-state index contributed by atoms with van der Waals surface area (Å²) in [6.45, 7) is 4.62. The second kappa shape index (κ2) is 6.78. The molecule has 2 heterocycles. The number of rotatable bonds is 4. The lowest BCUT2D eigenvalue weighted by molar-refractivity contribution is 0.0983. The number of carbonyl (C=O) groups is 1. The predicted molar refractivity (Wildman–Crippen MR) is 90.0 cm³/mol. The van der Waals surface area contributed by atoms with Crippen LogP contribution in [0.15, 0.2) is 36.7 Å². The summed E-state index contributed by atoms with van der Waals surface area (Å²) in [5.74, 6) is -1.58. The highest BCUT2D eigenvalue weighted by Gasteiger charge is 2.26. The highest BCUT2D eigenvalue weighted by Crippen LogP contribution is 2.38. The minimum atomic E-state index is -0.684. The summed E-state index contributed by atoms with van der Waals surface area (Å²) in [6, 6.07) is 6.79. The van der Waals surface area contributed by atoms with E-state index in [1.807, 2.05) is 17.0 Å². The van der Waals surface area contributed by atoms with Gasteiger partial charge < -0.3 is 9.80 Å². The van der Waals surface area contributed by atoms with E-state index in [1.165, 1.54) is 6.07 Å². The SMILES string of the molecule is CCC(=O)c1c(N2CCN(c3ccncc3)CC2)ccc([O])c1[O]. The molecule has 1 saturated heterocycles. The molecule has 0 spiro atoms. The van der Waals surface area contributed by atoms with Crippen molar-refractivity contribution >= 4 is 17.2 Å². The van der Waals surface area contributed by atoms with Crippen LogP contribution in [0.4, 0.5) is 11.4 Å². The molecule has 6 nitrogen and oxygen atoms in total. The summed E-state index contributed by atoms with van der Waals surface area (Å²) in [4.78, 5) is 20.4. The Kier molecular flexibility index (Phi) is 4.55. The number of benzene rings is 1. The molecular formula is C18H19N3O3. The van der Waals surface area contributed by atoms with Gasteiger partial charge in [-0.3, -0.25) is 20.0 Å². The van der Waals surface area contributed by atoms with Gasteiger partial charge in [0, 0.05) is 50.7 Å². The van der Waals surface area contributed by atoms with Crippen LogP contribution in [0.2, 0.25) is 0 Å². The Hall–Kier alpha value is -2.76. The number of hydrogen-bond donors (Lipinski definition) is 0. The molecule has 0 atom stereocenters. The van der Waals surface area contributed by atoms with Gasteiger partial charge in [0.2, 0.25) is 11.5 Å². The fourth-order valence-electron chi connectivity index (χ4n) is 3.02. The van der Waals surface area contributed by atoms with E-state index in [-0.39, 0.29) is 17.8 Å². The zero-order valence-electron chi connectivity index (χ0n) is 13.6. The van der Waals surface area contributed by atoms with Crippen LogP contribution >= 0.6 is 0 Å². The van der Waals surface area contributed by atoms with Gasteiger partial charge in [0.25, 0.3) is 0 Å². The van der Waals surface area contributed by atoms with Gasteiger partial charge in [-0.2, -0.15) is 0 Å². The Morgan fingerprint density at radius 1 is 1.00 bits per heavy atom. The molecule has 24 heavy (non-hydrogen) atoms. The van der Waals surface area contributed by atoms with Crippen molar-refractivity contribution in [3.8, 4) is 11.5 Å². The van der Waals surface area contributed by atoms with Gasteiger partial charge in [-0.15, -0.1) is 0 Å². The smallest absolute Gasteiger partial charge is 0.238 e. The lowest BCUT2D eigenvalue weighted by Crippen LogP contribution is -2.47. The van der Waals surface area contributed by atoms with E-state index < -0.39 is 11.5 Å². The molecule has 1 aliphatic rings. The van der Waals surface area contributed by atoms with E-state index in [4.69, 9.17) is 0 Å². The summed E-state index contributed by atoms with van der Waals surface area (Å²) >= 11 is 0. The summed E-state index contributed by atoms with van der Waals surface area (Å²) in [5.41, 5.74) is 1.73. The van der Waals surface area contributed by atoms with Crippen molar-refractivity contribution in [3.05, 3.63) is 42.2 Å². The molecule has 1 aromatic carbocycles. The number of nitrogens with zero attached hydrogens (tertiary/aromatic N) is 3. The molecule has 2 radical (unpaired) electrons. The van der Waals surface area contributed by atoms with Crippen LogP contribution in [0, 0.1) is 0 Å². The number of Topliss-reactive ketones (excluding diaryl/α,β-unsaturated/α-hetero) is 1. The van der Waals surface area contributed by atoms with Gasteiger partial charge in [-0.25, -0.2) is 0 Å². The molecule has 0 aliphatic carbocycles. The van der Waals surface area contributed by atoms with Gasteiger partial charge in [0.15, 0.2) is 5.78 Å². The first-order chi connectivity index (χ1) is 11.6. The van der Waals surface area contributed by atoms with Gasteiger partial charge in [-0.1, -0.05) is 6.92 Å². The van der Waals surface area contributed by atoms with Crippen molar-refractivity contribution in [1.82, 2.24) is 4.98 Å². The number of ketones is 1. The molecule has 0 unspecified atom stereocenters. The fourth-order valence-corrected chi connectivity index (χ4v) is 3.02. The summed E-state index contributed by atoms with van der Waals surface area (Å²) < 4.78 is 0. The van der Waals surface area contributed by atoms with Crippen molar-refractivity contribution in [3.63, 3.8) is 0 Å². The summed E-state index contributed by atoms with van der Waals surface area (Å²) in [6.07, 6.45) is 3.73. The fraction of sp³-hybridized carbons (Fsp3) is 0.333. The molecule has 6 heteroatoms. The maximum Gasteiger partial charge on any atom is 0.238 e. The number of carbonyl (C=O) groups excluding carboxylic acids is 1. The lowest BCUT2D eigenvalue weighted by atomic mass is 10.0. The second-order valence-corrected chi connectivity index (χ2v) is 5.74. The van der Waals surface area contributed by atoms with Crippen LogP contribution < -0.4 is 9.80 Å². The van der Waals surface area contributed by atoms with Crippen LogP contribution in [-0.4, -0.2) is 36.9 Å². The molecular weight excluding hydrogens is 306 g/mol. The molecule has 2 aromatic rings. The van der Waals surface area contributed by atoms with E-state index >= 15 is 0 Å². The van der Waals surface area contributed by atoms with Gasteiger partial charge in [0.05, 0.1) is 11.3 Å². The third-order valence-electron chi connectivity index (χ3n) is 4.35. The quantitative estimate of drug-likeness (QED) is 0.808. The van der Waals surface area contributed by atoms with Crippen molar-refractivity contribution in [2.45, 2.75) is 13.3 Å². The first-order valence-corrected chi connectivity index (χ1v) is 8.06. The van der Waals surface area contributed by atoms with E-state index in [9.17, 15) is 15.0 Å². The third kappa shape index (κ3) is 2.99. The normalized spacial score (nSPS) is 14.7. The molecule has 1 aromatic heterocycles. The molecule has 1 fully saturated rings. The van der Waals surface area contributed by atoms with Crippen LogP contribution in [-0.2, 0) is 10.2 Å². The molecule has 0 N–H and O–H groups in total. The summed E-state index contributed by atoms with van der Waals surface area (Å²) in [5, 5.41) is 23.8. The largest absolute Gasteiger partial charge is 0.368 e. The van der Waals surface area contributed by atoms with E-state index in [0.717, 1.165) is 18.8 Å². The Bertz CT molecular complexity index is 726. The number of aromatic nitrogens is 1. The van der Waals surface area contributed by atoms with Crippen molar-refractivity contribution in [2.75, 3.05) is 36.0 Å². The summed E-state index contributed by atoms with van der Waals surface area (Å²) in [7, 11) is 0. The Morgan fingerprint density at radius 2 is 1.62 bits per heavy atom. The number of pyridine rings is 1. The maximum atomic E-state index is 12.2. The Labute approximate surface area is 141 Å². The maximum absolute atomic E-state index is 12.2. The molecule has 0 amide bonds. The highest BCUT2D eigenvalue weighted by molar-refractivity contribution is 6.04. The topological polar surface area (TPSA) is 76.2 Å². The van der Waals surface area contributed by atoms with Crippen LogP contribution in [0.3, 0.4) is 0 Å². The Morgan fingerprint density at radius 3 is 2.25 bits per heavy atom. The third-order valence-corrected chi connectivity index (χ3v) is 4.35. The minimum absolute atomic E-state index is 0.0439. The Balaban J connectivity index is 1.82. The molecule has 0 bridgehead atoms. The molecule has 0 saturated carbocycles. The monoisotopic (exact) mass is 325 g/mol. The number of hydrogen-bond acceptors (Lipinski definition) is 4. The first-order valence-electron chi connectivity index (χ1n) is 8.06. The van der Waals surface area contributed by atoms with Crippen LogP contribution in [0.5, 0.6) is 11.5 Å². The van der Waals surface area contributed by atoms with Gasteiger partial charge in [0.1, 0.15) is 0 Å². The van der Waals surface area contributed by atoms with E-state index in [2.05, 4.69) is 9.88 Å². The first kappa shape index (κ1) is 16.1. The average Bonchev–Trinajstić information content (AvgIpc) is 2.64. The highest BCUT2D eigenvalue weighted by atomic mass is 16.3. The zero-order valence-corrected chi connectivity index (χ0v) is 13.6. The number of anilines is 2. The van der Waals surface area contributed by atoms with Crippen LogP contribution in [0.25, 0.3) is 0 Å². The molecule has 3 rings (SSSR count). The predicted octanol–water partition coefficient (Wildman–Crippen LogP) is 3.29. The van der Waals surface area contributed by atoms with Gasteiger partial charge in [-0.05, 0) is 24.3 Å². The lowest BCUT2D eigenvalue weighted by Gasteiger charge is -2.38. The molecule has 1 aliphatic heterocycles. The van der Waals surface area contributed by atoms with E-state index in [1.54, 1.807) is 25.4 Å². The molecule has 124 valence electrons. The zero-order chi connectivity index (χ0) is 17.1. The van der Waals surface area contributed by atoms with E-state index in [0.29, 0.717) is 18.8 Å². The average molecular weight is 325 g/mol. The second-order valence-electron chi connectivity index (χ2n) is 5.74. The van der Waals surface area contributed by atoms with Crippen molar-refractivity contribution < 1.29 is 15.0 Å². The van der Waals surface area contributed by atoms with Crippen LogP contribution in [0.1, 0.15) is 23.7 Å². The van der Waals surface area contributed by atoms with Crippen molar-refractivity contribution in [2.24, 2.45) is 0 Å². The van der Waals surface area contributed by atoms with Crippen molar-refractivity contribution in [1.29, 1.82) is 0 Å². The standard InChI is InChI=1S/C18H19N3O3/c1-2-15(22)17-14(3-4-16(23)18(17)24)21-11-9-20(10-12-21)13-5-7-19-8-6-13/h3-8H,2,9-12H2,1H3.